The van der Waals surface area contributed by atoms with Gasteiger partial charge in [-0.2, -0.15) is 0 Å². The molecule has 0 amide bonds. The molecule has 16 heavy (non-hydrogen) atoms. The fraction of sp³-hybridized carbons (Fsp3) is 0.583. The van der Waals surface area contributed by atoms with E-state index < -0.39 is 30.0 Å². The van der Waals surface area contributed by atoms with Gasteiger partial charge in [-0.15, -0.1) is 0 Å². The summed E-state index contributed by atoms with van der Waals surface area (Å²) in [4.78, 5) is 11.2. The second kappa shape index (κ2) is 5.39. The van der Waals surface area contributed by atoms with Crippen molar-refractivity contribution >= 4 is 5.78 Å². The third-order valence-corrected chi connectivity index (χ3v) is 2.91. The van der Waals surface area contributed by atoms with Crippen molar-refractivity contribution in [3.05, 3.63) is 24.3 Å². The van der Waals surface area contributed by atoms with Gasteiger partial charge < -0.3 is 15.3 Å². The Bertz CT molecular complexity index is 308. The fourth-order valence-electron chi connectivity index (χ4n) is 2.02. The van der Waals surface area contributed by atoms with Gasteiger partial charge in [-0.25, -0.2) is 0 Å². The number of aliphatic hydroxyl groups excluding tert-OH is 3. The van der Waals surface area contributed by atoms with Gasteiger partial charge in [-0.3, -0.25) is 4.79 Å². The highest BCUT2D eigenvalue weighted by molar-refractivity contribution is 5.80. The molecular weight excluding hydrogens is 208 g/mol. The van der Waals surface area contributed by atoms with Crippen molar-refractivity contribution < 1.29 is 20.1 Å². The number of allylic oxidation sites excluding steroid dienone is 3. The van der Waals surface area contributed by atoms with Crippen LogP contribution in [0, 0.1) is 11.8 Å². The van der Waals surface area contributed by atoms with Gasteiger partial charge in [-0.05, 0) is 13.8 Å². The number of hydrogen-bond donors (Lipinski definition) is 3. The highest BCUT2D eigenvalue weighted by Crippen LogP contribution is 2.30. The van der Waals surface area contributed by atoms with E-state index in [4.69, 9.17) is 0 Å². The van der Waals surface area contributed by atoms with E-state index in [1.165, 1.54) is 13.0 Å². The molecule has 0 aromatic carbocycles. The van der Waals surface area contributed by atoms with E-state index in [1.807, 2.05) is 6.92 Å². The van der Waals surface area contributed by atoms with Gasteiger partial charge in [0.25, 0.3) is 0 Å². The smallest absolute Gasteiger partial charge is 0.158 e. The zero-order valence-corrected chi connectivity index (χ0v) is 9.45. The first-order valence-electron chi connectivity index (χ1n) is 5.34. The van der Waals surface area contributed by atoms with Crippen LogP contribution in [0.5, 0.6) is 0 Å². The van der Waals surface area contributed by atoms with E-state index in [9.17, 15) is 20.1 Å². The van der Waals surface area contributed by atoms with Crippen LogP contribution in [0.2, 0.25) is 0 Å². The number of carbonyl (C=O) groups is 1. The standard InChI is InChI=1S/C12H18O4/c1-3-4-8-5-6-9(14)12(16)10(8)11(15)7(2)13/h3-6,8-12,14-16H,1-2H3/b4-3+/t8-,9-,10+,11?,12+/m0/s1. The normalized spacial score (nSPS) is 36.6. The van der Waals surface area contributed by atoms with Crippen molar-refractivity contribution in [2.24, 2.45) is 11.8 Å². The van der Waals surface area contributed by atoms with Gasteiger partial charge >= 0.3 is 0 Å². The molecule has 3 N–H and O–H groups in total. The number of carbonyl (C=O) groups excluding carboxylic acids is 1. The van der Waals surface area contributed by atoms with Gasteiger partial charge in [0.15, 0.2) is 5.78 Å². The summed E-state index contributed by atoms with van der Waals surface area (Å²) in [5.74, 6) is -1.32. The van der Waals surface area contributed by atoms with Crippen LogP contribution in [-0.2, 0) is 4.79 Å². The van der Waals surface area contributed by atoms with Crippen LogP contribution in [0.3, 0.4) is 0 Å². The molecule has 0 radical (unpaired) electrons. The van der Waals surface area contributed by atoms with E-state index >= 15 is 0 Å². The van der Waals surface area contributed by atoms with E-state index in [0.29, 0.717) is 0 Å². The quantitative estimate of drug-likeness (QED) is 0.594. The highest BCUT2D eigenvalue weighted by atomic mass is 16.3. The monoisotopic (exact) mass is 226 g/mol. The largest absolute Gasteiger partial charge is 0.390 e. The van der Waals surface area contributed by atoms with Gasteiger partial charge in [-0.1, -0.05) is 24.3 Å². The maximum absolute atomic E-state index is 11.2. The maximum Gasteiger partial charge on any atom is 0.158 e. The molecule has 1 unspecified atom stereocenters. The molecule has 0 spiro atoms. The second-order valence-electron chi connectivity index (χ2n) is 4.10. The molecule has 4 heteroatoms. The summed E-state index contributed by atoms with van der Waals surface area (Å²) in [6.07, 6.45) is 3.37. The SMILES string of the molecule is C/C=C/[C@H]1C=C[C@H](O)[C@@H](O)[C@H]1C(O)C(C)=O. The minimum absolute atomic E-state index is 0.234. The lowest BCUT2D eigenvalue weighted by atomic mass is 9.76. The zero-order chi connectivity index (χ0) is 12.3. The minimum atomic E-state index is -1.25. The van der Waals surface area contributed by atoms with E-state index in [2.05, 4.69) is 0 Å². The Hall–Kier alpha value is -0.970. The summed E-state index contributed by atoms with van der Waals surface area (Å²) in [5, 5.41) is 29.0. The van der Waals surface area contributed by atoms with Crippen molar-refractivity contribution in [1.29, 1.82) is 0 Å². The number of aliphatic hydroxyl groups is 3. The van der Waals surface area contributed by atoms with Crippen molar-refractivity contribution in [3.8, 4) is 0 Å². The topological polar surface area (TPSA) is 77.8 Å². The first kappa shape index (κ1) is 13.1. The Morgan fingerprint density at radius 2 is 2.00 bits per heavy atom. The number of ketones is 1. The van der Waals surface area contributed by atoms with Gasteiger partial charge in [0.1, 0.15) is 6.10 Å². The average molecular weight is 226 g/mol. The maximum atomic E-state index is 11.2. The molecule has 0 aromatic rings. The summed E-state index contributed by atoms with van der Waals surface area (Å²) >= 11 is 0. The molecule has 1 aliphatic rings. The van der Waals surface area contributed by atoms with Gasteiger partial charge in [0.2, 0.25) is 0 Å². The lowest BCUT2D eigenvalue weighted by Crippen LogP contribution is -2.47. The molecule has 0 aromatic heterocycles. The Labute approximate surface area is 94.9 Å². The van der Waals surface area contributed by atoms with E-state index in [1.54, 1.807) is 18.2 Å². The lowest BCUT2D eigenvalue weighted by molar-refractivity contribution is -0.134. The van der Waals surface area contributed by atoms with Crippen LogP contribution in [0.4, 0.5) is 0 Å². The van der Waals surface area contributed by atoms with Crippen LogP contribution < -0.4 is 0 Å². The van der Waals surface area contributed by atoms with Crippen molar-refractivity contribution in [2.75, 3.05) is 0 Å². The molecule has 0 fully saturated rings. The Morgan fingerprint density at radius 3 is 2.50 bits per heavy atom. The van der Waals surface area contributed by atoms with Gasteiger partial charge in [0.05, 0.1) is 12.2 Å². The molecule has 0 aliphatic heterocycles. The summed E-state index contributed by atoms with van der Waals surface area (Å²) in [6.45, 7) is 3.09. The molecule has 0 heterocycles. The zero-order valence-electron chi connectivity index (χ0n) is 9.45. The average Bonchev–Trinajstić information content (AvgIpc) is 2.23. The van der Waals surface area contributed by atoms with Crippen molar-refractivity contribution in [1.82, 2.24) is 0 Å². The molecule has 5 atom stereocenters. The third-order valence-electron chi connectivity index (χ3n) is 2.91. The van der Waals surface area contributed by atoms with Crippen LogP contribution in [0.25, 0.3) is 0 Å². The predicted octanol–water partition coefficient (Wildman–Crippen LogP) is 0.0364. The number of rotatable bonds is 3. The molecule has 0 saturated heterocycles. The molecule has 4 nitrogen and oxygen atoms in total. The second-order valence-corrected chi connectivity index (χ2v) is 4.10. The first-order chi connectivity index (χ1) is 7.49. The molecular formula is C12H18O4. The summed E-state index contributed by atoms with van der Waals surface area (Å²) in [5.41, 5.74) is 0. The van der Waals surface area contributed by atoms with Crippen molar-refractivity contribution in [2.45, 2.75) is 32.2 Å². The van der Waals surface area contributed by atoms with E-state index in [0.717, 1.165) is 0 Å². The van der Waals surface area contributed by atoms with Crippen LogP contribution in [0.15, 0.2) is 24.3 Å². The Kier molecular flexibility index (Phi) is 4.41. The molecule has 1 rings (SSSR count). The molecule has 0 saturated carbocycles. The van der Waals surface area contributed by atoms with Crippen LogP contribution >= 0.6 is 0 Å². The number of Topliss-reactive ketones (excluding diaryl/α,β-unsaturated/α-hetero) is 1. The molecule has 90 valence electrons. The van der Waals surface area contributed by atoms with Gasteiger partial charge in [0, 0.05) is 11.8 Å². The minimum Gasteiger partial charge on any atom is -0.390 e. The van der Waals surface area contributed by atoms with Crippen molar-refractivity contribution in [3.63, 3.8) is 0 Å². The fourth-order valence-corrected chi connectivity index (χ4v) is 2.02. The summed E-state index contributed by atoms with van der Waals surface area (Å²) < 4.78 is 0. The number of hydrogen-bond acceptors (Lipinski definition) is 4. The van der Waals surface area contributed by atoms with Crippen LogP contribution in [-0.4, -0.2) is 39.4 Å². The predicted molar refractivity (Wildman–Crippen MR) is 59.6 cm³/mol. The van der Waals surface area contributed by atoms with Crippen LogP contribution in [0.1, 0.15) is 13.8 Å². The molecule has 1 aliphatic carbocycles. The lowest BCUT2D eigenvalue weighted by Gasteiger charge is -2.35. The highest BCUT2D eigenvalue weighted by Gasteiger charge is 2.39. The summed E-state index contributed by atoms with van der Waals surface area (Å²) in [7, 11) is 0. The summed E-state index contributed by atoms with van der Waals surface area (Å²) in [6, 6.07) is 0. The molecule has 0 bridgehead atoms. The van der Waals surface area contributed by atoms with E-state index in [-0.39, 0.29) is 5.92 Å². The first-order valence-corrected chi connectivity index (χ1v) is 5.34. The Balaban J connectivity index is 2.98. The Morgan fingerprint density at radius 1 is 1.38 bits per heavy atom. The third kappa shape index (κ3) is 2.58.